The minimum atomic E-state index is -4.91. The number of urea groups is 1. The number of nitrogens with zero attached hydrogens (tertiary/aromatic N) is 4. The molecular formula is C23H23F7N6O. The molecule has 1 atom stereocenters. The molecule has 14 heteroatoms. The van der Waals surface area contributed by atoms with Gasteiger partial charge < -0.3 is 16.0 Å². The molecular weight excluding hydrogens is 509 g/mol. The fourth-order valence-electron chi connectivity index (χ4n) is 4.71. The Kier molecular flexibility index (Phi) is 6.71. The van der Waals surface area contributed by atoms with Crippen LogP contribution in [0.2, 0.25) is 0 Å². The number of hydrogen-bond donors (Lipinski definition) is 2. The van der Waals surface area contributed by atoms with E-state index in [1.54, 1.807) is 12.1 Å². The molecule has 1 aliphatic heterocycles. The number of piperidine rings is 1. The van der Waals surface area contributed by atoms with Crippen LogP contribution in [0.15, 0.2) is 36.4 Å². The highest BCUT2D eigenvalue weighted by molar-refractivity contribution is 5.72. The van der Waals surface area contributed by atoms with Gasteiger partial charge in [0.2, 0.25) is 0 Å². The summed E-state index contributed by atoms with van der Waals surface area (Å²) in [5, 5.41) is 6.27. The number of fused-ring (bicyclic) bond motifs is 1. The lowest BCUT2D eigenvalue weighted by molar-refractivity contribution is -0.142. The van der Waals surface area contributed by atoms with Crippen molar-refractivity contribution in [1.82, 2.24) is 19.5 Å². The molecule has 2 aromatic heterocycles. The zero-order chi connectivity index (χ0) is 27.2. The van der Waals surface area contributed by atoms with Gasteiger partial charge in [0, 0.05) is 37.2 Å². The molecule has 0 saturated carbocycles. The number of anilines is 1. The third-order valence-electron chi connectivity index (χ3n) is 6.86. The molecule has 200 valence electrons. The minimum absolute atomic E-state index is 0.0303. The monoisotopic (exact) mass is 532 g/mol. The Morgan fingerprint density at radius 2 is 1.62 bits per heavy atom. The van der Waals surface area contributed by atoms with Crippen LogP contribution in [0.3, 0.4) is 0 Å². The van der Waals surface area contributed by atoms with Gasteiger partial charge in [-0.3, -0.25) is 0 Å². The lowest BCUT2D eigenvalue weighted by atomic mass is 9.68. The molecule has 7 nitrogen and oxygen atoms in total. The number of halogens is 7. The van der Waals surface area contributed by atoms with Crippen molar-refractivity contribution < 1.29 is 35.5 Å². The molecule has 1 unspecified atom stereocenters. The molecule has 0 aliphatic carbocycles. The van der Waals surface area contributed by atoms with Crippen LogP contribution in [0.1, 0.15) is 36.7 Å². The fraction of sp³-hybridized carbons (Fsp3) is 0.435. The Bertz CT molecular complexity index is 1280. The van der Waals surface area contributed by atoms with Crippen molar-refractivity contribution in [3.05, 3.63) is 59.2 Å². The predicted molar refractivity (Wildman–Crippen MR) is 119 cm³/mol. The van der Waals surface area contributed by atoms with Crippen molar-refractivity contribution in [1.29, 1.82) is 0 Å². The normalized spacial score (nSPS) is 17.1. The lowest BCUT2D eigenvalue weighted by Gasteiger charge is -2.43. The number of likely N-dealkylation sites (tertiary alicyclic amines) is 1. The standard InChI is InChI=1S/C23H23F7N6O/c1-21(13-2-4-15(24)5-3-13,14-6-8-35(9-7-14)20(31)37)12-32-18-10-16(22(25,26)27)33-19-11-17(23(28,29)30)34-36(18)19/h2-5,10-11,14,32H,6-9,12H2,1H3,(H2,31,37). The van der Waals surface area contributed by atoms with E-state index in [1.807, 2.05) is 6.92 Å². The maximum atomic E-state index is 13.6. The van der Waals surface area contributed by atoms with E-state index in [-0.39, 0.29) is 18.3 Å². The number of amides is 2. The van der Waals surface area contributed by atoms with Crippen LogP contribution in [0.25, 0.3) is 5.65 Å². The Labute approximate surface area is 206 Å². The topological polar surface area (TPSA) is 88.6 Å². The first kappa shape index (κ1) is 26.5. The van der Waals surface area contributed by atoms with Gasteiger partial charge in [0.05, 0.1) is 0 Å². The molecule has 2 amide bonds. The number of rotatable bonds is 5. The summed E-state index contributed by atoms with van der Waals surface area (Å²) in [5.74, 6) is -0.941. The van der Waals surface area contributed by atoms with Crippen LogP contribution >= 0.6 is 0 Å². The number of nitrogens with one attached hydrogen (secondary N) is 1. The van der Waals surface area contributed by atoms with Crippen molar-refractivity contribution in [2.75, 3.05) is 25.0 Å². The summed E-state index contributed by atoms with van der Waals surface area (Å²) in [6.45, 7) is 2.49. The van der Waals surface area contributed by atoms with Gasteiger partial charge in [-0.05, 0) is 36.5 Å². The van der Waals surface area contributed by atoms with Crippen molar-refractivity contribution in [3.8, 4) is 0 Å². The molecule has 1 saturated heterocycles. The highest BCUT2D eigenvalue weighted by Crippen LogP contribution is 2.40. The van der Waals surface area contributed by atoms with E-state index in [4.69, 9.17) is 5.73 Å². The number of benzene rings is 1. The zero-order valence-electron chi connectivity index (χ0n) is 19.5. The summed E-state index contributed by atoms with van der Waals surface area (Å²) < 4.78 is 94.5. The van der Waals surface area contributed by atoms with Gasteiger partial charge in [0.25, 0.3) is 0 Å². The molecule has 3 aromatic rings. The second-order valence-electron chi connectivity index (χ2n) is 9.20. The van der Waals surface area contributed by atoms with Gasteiger partial charge in [0.15, 0.2) is 17.0 Å². The molecule has 1 aromatic carbocycles. The number of carbonyl (C=O) groups excluding carboxylic acids is 1. The van der Waals surface area contributed by atoms with E-state index >= 15 is 0 Å². The average Bonchev–Trinajstić information content (AvgIpc) is 3.27. The first-order valence-corrected chi connectivity index (χ1v) is 11.3. The number of nitrogens with two attached hydrogens (primary N) is 1. The van der Waals surface area contributed by atoms with Crippen LogP contribution in [-0.2, 0) is 17.8 Å². The van der Waals surface area contributed by atoms with Gasteiger partial charge >= 0.3 is 18.4 Å². The van der Waals surface area contributed by atoms with E-state index in [9.17, 15) is 35.5 Å². The Morgan fingerprint density at radius 1 is 1.03 bits per heavy atom. The maximum absolute atomic E-state index is 13.6. The maximum Gasteiger partial charge on any atom is 0.435 e. The predicted octanol–water partition coefficient (Wildman–Crippen LogP) is 5.07. The molecule has 4 rings (SSSR count). The number of alkyl halides is 6. The Morgan fingerprint density at radius 3 is 2.16 bits per heavy atom. The molecule has 1 aliphatic rings. The lowest BCUT2D eigenvalue weighted by Crippen LogP contribution is -2.48. The van der Waals surface area contributed by atoms with E-state index < -0.39 is 46.7 Å². The molecule has 0 radical (unpaired) electrons. The van der Waals surface area contributed by atoms with Gasteiger partial charge in [-0.2, -0.15) is 36.0 Å². The fourth-order valence-corrected chi connectivity index (χ4v) is 4.71. The largest absolute Gasteiger partial charge is 0.435 e. The molecule has 3 heterocycles. The summed E-state index contributed by atoms with van der Waals surface area (Å²) in [5.41, 5.74) is 1.82. The summed E-state index contributed by atoms with van der Waals surface area (Å²) in [4.78, 5) is 16.3. The second kappa shape index (κ2) is 9.38. The molecule has 3 N–H and O–H groups in total. The number of primary amides is 1. The average molecular weight is 532 g/mol. The van der Waals surface area contributed by atoms with Gasteiger partial charge in [0.1, 0.15) is 11.6 Å². The quantitative estimate of drug-likeness (QED) is 0.450. The summed E-state index contributed by atoms with van der Waals surface area (Å²) in [6.07, 6.45) is -8.81. The van der Waals surface area contributed by atoms with Crippen LogP contribution < -0.4 is 11.1 Å². The smallest absolute Gasteiger partial charge is 0.369 e. The first-order chi connectivity index (χ1) is 17.2. The van der Waals surface area contributed by atoms with Crippen LogP contribution in [0.5, 0.6) is 0 Å². The minimum Gasteiger partial charge on any atom is -0.369 e. The molecule has 0 bridgehead atoms. The number of carbonyl (C=O) groups is 1. The van der Waals surface area contributed by atoms with Crippen LogP contribution in [0.4, 0.5) is 41.3 Å². The van der Waals surface area contributed by atoms with Crippen LogP contribution in [-0.4, -0.2) is 45.2 Å². The van der Waals surface area contributed by atoms with Crippen molar-refractivity contribution in [3.63, 3.8) is 0 Å². The third-order valence-corrected chi connectivity index (χ3v) is 6.86. The summed E-state index contributed by atoms with van der Waals surface area (Å²) >= 11 is 0. The van der Waals surface area contributed by atoms with Crippen molar-refractivity contribution in [2.45, 2.75) is 37.5 Å². The summed E-state index contributed by atoms with van der Waals surface area (Å²) in [7, 11) is 0. The Hall–Kier alpha value is -3.58. The SMILES string of the molecule is CC(CNc1cc(C(F)(F)F)nc2cc(C(F)(F)F)nn12)(c1ccc(F)cc1)C1CCN(C(N)=O)CC1. The van der Waals surface area contributed by atoms with Crippen molar-refractivity contribution in [2.24, 2.45) is 11.7 Å². The van der Waals surface area contributed by atoms with Crippen molar-refractivity contribution >= 4 is 17.5 Å². The van der Waals surface area contributed by atoms with Gasteiger partial charge in [-0.25, -0.2) is 14.2 Å². The van der Waals surface area contributed by atoms with Gasteiger partial charge in [-0.15, -0.1) is 0 Å². The van der Waals surface area contributed by atoms with E-state index in [2.05, 4.69) is 15.4 Å². The molecule has 37 heavy (non-hydrogen) atoms. The molecule has 0 spiro atoms. The van der Waals surface area contributed by atoms with Crippen LogP contribution in [0, 0.1) is 11.7 Å². The second-order valence-corrected chi connectivity index (χ2v) is 9.20. The van der Waals surface area contributed by atoms with E-state index in [0.29, 0.717) is 48.1 Å². The number of hydrogen-bond acceptors (Lipinski definition) is 4. The highest BCUT2D eigenvalue weighted by Gasteiger charge is 2.40. The van der Waals surface area contributed by atoms with Gasteiger partial charge in [-0.1, -0.05) is 19.1 Å². The highest BCUT2D eigenvalue weighted by atomic mass is 19.4. The first-order valence-electron chi connectivity index (χ1n) is 11.3. The van der Waals surface area contributed by atoms with E-state index in [1.165, 1.54) is 17.0 Å². The van der Waals surface area contributed by atoms with E-state index in [0.717, 1.165) is 0 Å². The summed E-state index contributed by atoms with van der Waals surface area (Å²) in [6, 6.07) is 6.08. The molecule has 1 fully saturated rings. The third kappa shape index (κ3) is 5.42. The zero-order valence-corrected chi connectivity index (χ0v) is 19.5. The number of aromatic nitrogens is 3. The Balaban J connectivity index is 1.73.